The van der Waals surface area contributed by atoms with Crippen molar-refractivity contribution in [2.45, 2.75) is 46.1 Å². The van der Waals surface area contributed by atoms with Crippen molar-refractivity contribution in [3.05, 3.63) is 29.6 Å². The normalized spacial score (nSPS) is 31.2. The van der Waals surface area contributed by atoms with Crippen LogP contribution in [0.3, 0.4) is 0 Å². The number of rotatable bonds is 2. The smallest absolute Gasteiger partial charge is 0.0990 e. The third kappa shape index (κ3) is 2.86. The molecule has 2 nitrogen and oxygen atoms in total. The van der Waals surface area contributed by atoms with Crippen molar-refractivity contribution in [3.8, 4) is 0 Å². The summed E-state index contributed by atoms with van der Waals surface area (Å²) in [5, 5.41) is 10.5. The van der Waals surface area contributed by atoms with Gasteiger partial charge in [-0.3, -0.25) is 4.98 Å². The van der Waals surface area contributed by atoms with Crippen LogP contribution in [0.4, 0.5) is 0 Å². The molecule has 2 rings (SSSR count). The number of hydrogen-bond donors (Lipinski definition) is 1. The summed E-state index contributed by atoms with van der Waals surface area (Å²) in [5.41, 5.74) is 1.98. The molecule has 1 saturated carbocycles. The molecular formula is C15H23NO. The van der Waals surface area contributed by atoms with E-state index >= 15 is 0 Å². The predicted molar refractivity (Wildman–Crippen MR) is 69.6 cm³/mol. The van der Waals surface area contributed by atoms with Crippen molar-refractivity contribution in [2.75, 3.05) is 0 Å². The lowest BCUT2D eigenvalue weighted by atomic mass is 9.73. The average Bonchev–Trinajstić information content (AvgIpc) is 2.27. The molecule has 1 aromatic heterocycles. The van der Waals surface area contributed by atoms with Crippen LogP contribution >= 0.6 is 0 Å². The Hall–Kier alpha value is -0.890. The van der Waals surface area contributed by atoms with Gasteiger partial charge in [0.25, 0.3) is 0 Å². The van der Waals surface area contributed by atoms with Crippen LogP contribution < -0.4 is 0 Å². The van der Waals surface area contributed by atoms with Gasteiger partial charge in [-0.2, -0.15) is 0 Å². The third-order valence-corrected chi connectivity index (χ3v) is 3.99. The maximum atomic E-state index is 10.5. The van der Waals surface area contributed by atoms with Gasteiger partial charge in [0.1, 0.15) is 0 Å². The quantitative estimate of drug-likeness (QED) is 0.848. The first-order chi connectivity index (χ1) is 8.08. The minimum absolute atomic E-state index is 0.377. The Balaban J connectivity index is 2.14. The zero-order valence-electron chi connectivity index (χ0n) is 11.1. The van der Waals surface area contributed by atoms with Crippen LogP contribution in [0.15, 0.2) is 18.3 Å². The Morgan fingerprint density at radius 2 is 1.88 bits per heavy atom. The molecule has 0 amide bonds. The highest BCUT2D eigenvalue weighted by Gasteiger charge is 2.30. The predicted octanol–water partition coefficient (Wildman–Crippen LogP) is 3.50. The average molecular weight is 233 g/mol. The van der Waals surface area contributed by atoms with Crippen molar-refractivity contribution in [2.24, 2.45) is 17.8 Å². The summed E-state index contributed by atoms with van der Waals surface area (Å²) in [6.07, 6.45) is 4.94. The maximum absolute atomic E-state index is 10.5. The van der Waals surface area contributed by atoms with E-state index in [1.807, 2.05) is 19.1 Å². The number of aryl methyl sites for hydroxylation is 1. The molecular weight excluding hydrogens is 210 g/mol. The molecule has 17 heavy (non-hydrogen) atoms. The summed E-state index contributed by atoms with van der Waals surface area (Å²) in [5.74, 6) is 1.83. The number of nitrogens with zero attached hydrogens (tertiary/aromatic N) is 1. The van der Waals surface area contributed by atoms with Gasteiger partial charge >= 0.3 is 0 Å². The van der Waals surface area contributed by atoms with Crippen LogP contribution in [-0.2, 0) is 0 Å². The lowest BCUT2D eigenvalue weighted by Gasteiger charge is -2.34. The molecule has 0 aliphatic heterocycles. The molecule has 94 valence electrons. The van der Waals surface area contributed by atoms with Crippen molar-refractivity contribution in [3.63, 3.8) is 0 Å². The molecule has 3 atom stereocenters. The second kappa shape index (κ2) is 5.18. The summed E-state index contributed by atoms with van der Waals surface area (Å²) in [6.45, 7) is 6.61. The fourth-order valence-electron chi connectivity index (χ4n) is 3.30. The van der Waals surface area contributed by atoms with Crippen LogP contribution in [0.25, 0.3) is 0 Å². The molecule has 1 aliphatic rings. The lowest BCUT2D eigenvalue weighted by Crippen LogP contribution is -2.25. The summed E-state index contributed by atoms with van der Waals surface area (Å²) in [7, 11) is 0. The van der Waals surface area contributed by atoms with E-state index in [1.165, 1.54) is 6.42 Å². The van der Waals surface area contributed by atoms with Gasteiger partial charge in [0, 0.05) is 6.20 Å². The van der Waals surface area contributed by atoms with E-state index in [2.05, 4.69) is 18.8 Å². The summed E-state index contributed by atoms with van der Waals surface area (Å²) < 4.78 is 0. The van der Waals surface area contributed by atoms with Gasteiger partial charge in [0.05, 0.1) is 11.8 Å². The van der Waals surface area contributed by atoms with Gasteiger partial charge in [-0.15, -0.1) is 0 Å². The number of hydrogen-bond acceptors (Lipinski definition) is 2. The molecule has 1 N–H and O–H groups in total. The maximum Gasteiger partial charge on any atom is 0.0990 e. The number of aliphatic hydroxyl groups is 1. The minimum Gasteiger partial charge on any atom is -0.387 e. The van der Waals surface area contributed by atoms with Crippen molar-refractivity contribution in [1.29, 1.82) is 0 Å². The SMILES string of the molecule is Cc1cccnc1C(O)C1CC(C)CC(C)C1. The van der Waals surface area contributed by atoms with Gasteiger partial charge < -0.3 is 5.11 Å². The van der Waals surface area contributed by atoms with E-state index in [0.717, 1.165) is 35.9 Å². The first-order valence-electron chi connectivity index (χ1n) is 6.67. The number of pyridine rings is 1. The van der Waals surface area contributed by atoms with Gasteiger partial charge in [0.15, 0.2) is 0 Å². The van der Waals surface area contributed by atoms with Crippen molar-refractivity contribution in [1.82, 2.24) is 4.98 Å². The van der Waals surface area contributed by atoms with E-state index in [4.69, 9.17) is 0 Å². The Labute approximate surface area is 104 Å². The van der Waals surface area contributed by atoms with Gasteiger partial charge in [-0.1, -0.05) is 19.9 Å². The standard InChI is InChI=1S/C15H23NO/c1-10-7-11(2)9-13(8-10)15(17)14-12(3)5-4-6-16-14/h4-6,10-11,13,15,17H,7-9H2,1-3H3. The van der Waals surface area contributed by atoms with Crippen LogP contribution in [-0.4, -0.2) is 10.1 Å². The lowest BCUT2D eigenvalue weighted by molar-refractivity contribution is 0.0517. The second-order valence-electron chi connectivity index (χ2n) is 5.83. The fourth-order valence-corrected chi connectivity index (χ4v) is 3.30. The molecule has 0 spiro atoms. The Kier molecular flexibility index (Phi) is 3.82. The van der Waals surface area contributed by atoms with E-state index in [1.54, 1.807) is 6.20 Å². The molecule has 1 aromatic rings. The van der Waals surface area contributed by atoms with Crippen LogP contribution in [0.1, 0.15) is 50.5 Å². The fraction of sp³-hybridized carbons (Fsp3) is 0.667. The first kappa shape index (κ1) is 12.6. The Morgan fingerprint density at radius 3 is 2.47 bits per heavy atom. The van der Waals surface area contributed by atoms with E-state index < -0.39 is 0 Å². The number of aromatic nitrogens is 1. The molecule has 3 unspecified atom stereocenters. The highest BCUT2D eigenvalue weighted by Crippen LogP contribution is 2.39. The molecule has 1 heterocycles. The molecule has 0 bridgehead atoms. The Bertz CT molecular complexity index is 367. The van der Waals surface area contributed by atoms with Crippen molar-refractivity contribution >= 4 is 0 Å². The second-order valence-corrected chi connectivity index (χ2v) is 5.83. The third-order valence-electron chi connectivity index (χ3n) is 3.99. The largest absolute Gasteiger partial charge is 0.387 e. The summed E-state index contributed by atoms with van der Waals surface area (Å²) >= 11 is 0. The summed E-state index contributed by atoms with van der Waals surface area (Å²) in [6, 6.07) is 3.96. The van der Waals surface area contributed by atoms with Crippen LogP contribution in [0, 0.1) is 24.7 Å². The zero-order chi connectivity index (χ0) is 12.4. The van der Waals surface area contributed by atoms with Crippen molar-refractivity contribution < 1.29 is 5.11 Å². The van der Waals surface area contributed by atoms with Crippen LogP contribution in [0.5, 0.6) is 0 Å². The van der Waals surface area contributed by atoms with Crippen LogP contribution in [0.2, 0.25) is 0 Å². The zero-order valence-corrected chi connectivity index (χ0v) is 11.1. The molecule has 1 aliphatic carbocycles. The van der Waals surface area contributed by atoms with E-state index in [9.17, 15) is 5.11 Å². The summed E-state index contributed by atoms with van der Waals surface area (Å²) in [4.78, 5) is 4.35. The van der Waals surface area contributed by atoms with Gasteiger partial charge in [-0.25, -0.2) is 0 Å². The monoisotopic (exact) mass is 233 g/mol. The highest BCUT2D eigenvalue weighted by molar-refractivity contribution is 5.20. The molecule has 0 saturated heterocycles. The van der Waals surface area contributed by atoms with E-state index in [0.29, 0.717) is 5.92 Å². The number of aliphatic hydroxyl groups excluding tert-OH is 1. The highest BCUT2D eigenvalue weighted by atomic mass is 16.3. The van der Waals surface area contributed by atoms with E-state index in [-0.39, 0.29) is 6.10 Å². The molecule has 2 heteroatoms. The topological polar surface area (TPSA) is 33.1 Å². The first-order valence-corrected chi connectivity index (χ1v) is 6.67. The minimum atomic E-state index is -0.388. The van der Waals surface area contributed by atoms with Gasteiger partial charge in [-0.05, 0) is 55.6 Å². The molecule has 1 fully saturated rings. The molecule has 0 aromatic carbocycles. The Morgan fingerprint density at radius 1 is 1.24 bits per heavy atom. The molecule has 0 radical (unpaired) electrons. The van der Waals surface area contributed by atoms with Gasteiger partial charge in [0.2, 0.25) is 0 Å².